The van der Waals surface area contributed by atoms with Crippen LogP contribution in [0.4, 0.5) is 0 Å². The third-order valence-corrected chi connectivity index (χ3v) is 17.5. The fourth-order valence-electron chi connectivity index (χ4n) is 6.10. The van der Waals surface area contributed by atoms with E-state index in [1.165, 1.54) is 19.3 Å². The summed E-state index contributed by atoms with van der Waals surface area (Å²) in [5.41, 5.74) is 8.17. The standard InChI is InChI=1S/C13H19Si.C10H15.Ti/c1-14(9-4-10-14)13-8-7-11-5-2-3-6-12(11)13;1-7-6-10(4,5)9(3)8(7)2;/h2-3,6,8,11,13H,4-5,7,9-10H2,1H3;1-5H3;. The van der Waals surface area contributed by atoms with Gasteiger partial charge >= 0.3 is 165 Å². The second kappa shape index (κ2) is 6.21. The van der Waals surface area contributed by atoms with E-state index in [-0.39, 0.29) is 19.2 Å². The van der Waals surface area contributed by atoms with E-state index in [1.807, 2.05) is 9.45 Å². The van der Waals surface area contributed by atoms with Crippen molar-refractivity contribution in [3.05, 3.63) is 44.4 Å². The normalized spacial score (nSPS) is 35.6. The number of allylic oxidation sites excluding steroid dienone is 8. The fraction of sp³-hybridized carbons (Fsp3) is 0.652. The predicted octanol–water partition coefficient (Wildman–Crippen LogP) is 7.27. The second-order valence-corrected chi connectivity index (χ2v) is 17.2. The number of fused-ring (bicyclic) bond motifs is 1. The fourth-order valence-corrected chi connectivity index (χ4v) is 15.9. The van der Waals surface area contributed by atoms with Crippen molar-refractivity contribution >= 4 is 8.07 Å². The molecule has 4 rings (SSSR count). The molecule has 1 saturated heterocycles. The van der Waals surface area contributed by atoms with Crippen LogP contribution >= 0.6 is 0 Å². The molecule has 0 radical (unpaired) electrons. The summed E-state index contributed by atoms with van der Waals surface area (Å²) in [7, 11) is -1.02. The molecule has 0 aromatic carbocycles. The molecule has 2 heteroatoms. The topological polar surface area (TPSA) is 0 Å². The van der Waals surface area contributed by atoms with Gasteiger partial charge in [0.2, 0.25) is 0 Å². The van der Waals surface area contributed by atoms with Crippen molar-refractivity contribution in [1.82, 2.24) is 0 Å². The van der Waals surface area contributed by atoms with Crippen molar-refractivity contribution in [3.63, 3.8) is 0 Å². The van der Waals surface area contributed by atoms with Crippen LogP contribution in [0.5, 0.6) is 0 Å². The molecule has 1 heterocycles. The van der Waals surface area contributed by atoms with Crippen molar-refractivity contribution in [1.29, 1.82) is 0 Å². The summed E-state index contributed by atoms with van der Waals surface area (Å²) in [6, 6.07) is 3.21. The summed E-state index contributed by atoms with van der Waals surface area (Å²) in [5.74, 6) is 0.897. The zero-order chi connectivity index (χ0) is 18.0. The Labute approximate surface area is 164 Å². The Morgan fingerprint density at radius 1 is 1.12 bits per heavy atom. The van der Waals surface area contributed by atoms with Crippen LogP contribution in [-0.4, -0.2) is 8.07 Å². The minimum absolute atomic E-state index is 0.0481. The molecular formula is C23H34SiTi. The van der Waals surface area contributed by atoms with Crippen molar-refractivity contribution in [2.24, 2.45) is 11.3 Å². The molecule has 134 valence electrons. The van der Waals surface area contributed by atoms with Crippen molar-refractivity contribution in [2.45, 2.75) is 82.3 Å². The summed E-state index contributed by atoms with van der Waals surface area (Å²) >= 11 is -0.0481. The van der Waals surface area contributed by atoms with Crippen LogP contribution in [0, 0.1) is 11.3 Å². The Hall–Kier alpha value is -0.109. The number of hydrogen-bond donors (Lipinski definition) is 0. The third-order valence-electron chi connectivity index (χ3n) is 8.26. The zero-order valence-electron chi connectivity index (χ0n) is 17.0. The van der Waals surface area contributed by atoms with E-state index in [1.54, 1.807) is 28.8 Å². The molecule has 3 unspecified atom stereocenters. The Morgan fingerprint density at radius 3 is 2.40 bits per heavy atom. The average molecular weight is 386 g/mol. The molecule has 2 fully saturated rings. The van der Waals surface area contributed by atoms with Gasteiger partial charge in [-0.2, -0.15) is 0 Å². The molecule has 1 saturated carbocycles. The molecular weight excluding hydrogens is 352 g/mol. The van der Waals surface area contributed by atoms with Crippen LogP contribution in [0.2, 0.25) is 28.4 Å². The van der Waals surface area contributed by atoms with E-state index in [0.717, 1.165) is 15.7 Å². The van der Waals surface area contributed by atoms with E-state index < -0.39 is 8.07 Å². The zero-order valence-corrected chi connectivity index (χ0v) is 19.6. The SMILES string of the molecule is CC1=C(C)C(C)(C)[C]([Ti][CH]2CC3CC=CC=C3C2[Si]2(C)CCC2)=C1C. The van der Waals surface area contributed by atoms with E-state index in [4.69, 9.17) is 0 Å². The van der Waals surface area contributed by atoms with Gasteiger partial charge in [0.1, 0.15) is 0 Å². The molecule has 0 bridgehead atoms. The molecule has 0 spiro atoms. The first-order chi connectivity index (χ1) is 11.8. The van der Waals surface area contributed by atoms with E-state index >= 15 is 0 Å². The first-order valence-corrected chi connectivity index (χ1v) is 15.0. The van der Waals surface area contributed by atoms with Gasteiger partial charge in [-0.3, -0.25) is 0 Å². The Bertz CT molecular complexity index is 714. The quantitative estimate of drug-likeness (QED) is 0.448. The number of hydrogen-bond acceptors (Lipinski definition) is 0. The van der Waals surface area contributed by atoms with Gasteiger partial charge in [-0.1, -0.05) is 0 Å². The maximum atomic E-state index is 2.75. The van der Waals surface area contributed by atoms with Crippen LogP contribution in [0.3, 0.4) is 0 Å². The van der Waals surface area contributed by atoms with Gasteiger partial charge in [-0.05, 0) is 0 Å². The Kier molecular flexibility index (Phi) is 4.54. The van der Waals surface area contributed by atoms with Crippen LogP contribution in [0.25, 0.3) is 0 Å². The molecule has 4 aliphatic rings. The van der Waals surface area contributed by atoms with Gasteiger partial charge in [-0.25, -0.2) is 0 Å². The monoisotopic (exact) mass is 386 g/mol. The average Bonchev–Trinajstić information content (AvgIpc) is 2.99. The molecule has 0 aromatic rings. The van der Waals surface area contributed by atoms with Gasteiger partial charge in [0, 0.05) is 0 Å². The minimum atomic E-state index is -1.02. The van der Waals surface area contributed by atoms with E-state index in [9.17, 15) is 0 Å². The summed E-state index contributed by atoms with van der Waals surface area (Å²) in [5, 5.41) is 0. The first kappa shape index (κ1) is 18.3. The summed E-state index contributed by atoms with van der Waals surface area (Å²) in [6.07, 6.45) is 11.7. The van der Waals surface area contributed by atoms with Crippen LogP contribution in [0.1, 0.15) is 53.9 Å². The maximum absolute atomic E-state index is 2.75. The second-order valence-electron chi connectivity index (χ2n) is 9.87. The van der Waals surface area contributed by atoms with E-state index in [0.29, 0.717) is 5.41 Å². The molecule has 0 nitrogen and oxygen atoms in total. The molecule has 1 aliphatic heterocycles. The predicted molar refractivity (Wildman–Crippen MR) is 108 cm³/mol. The molecule has 3 atom stereocenters. The van der Waals surface area contributed by atoms with Crippen LogP contribution in [0.15, 0.2) is 44.4 Å². The van der Waals surface area contributed by atoms with Crippen molar-refractivity contribution in [2.75, 3.05) is 0 Å². The van der Waals surface area contributed by atoms with Crippen LogP contribution < -0.4 is 0 Å². The summed E-state index contributed by atoms with van der Waals surface area (Å²) in [6.45, 7) is 14.9. The third kappa shape index (κ3) is 2.72. The Morgan fingerprint density at radius 2 is 1.84 bits per heavy atom. The van der Waals surface area contributed by atoms with Gasteiger partial charge in [0.15, 0.2) is 0 Å². The summed E-state index contributed by atoms with van der Waals surface area (Å²) < 4.78 is 2.93. The van der Waals surface area contributed by atoms with Gasteiger partial charge in [0.05, 0.1) is 0 Å². The molecule has 0 aromatic heterocycles. The van der Waals surface area contributed by atoms with Gasteiger partial charge < -0.3 is 0 Å². The number of rotatable bonds is 3. The van der Waals surface area contributed by atoms with E-state index in [2.05, 4.69) is 59.4 Å². The van der Waals surface area contributed by atoms with Crippen molar-refractivity contribution in [3.8, 4) is 0 Å². The molecule has 0 N–H and O–H groups in total. The molecule has 0 amide bonds. The Balaban J connectivity index is 1.66. The molecule has 25 heavy (non-hydrogen) atoms. The first-order valence-electron chi connectivity index (χ1n) is 10.3. The van der Waals surface area contributed by atoms with Crippen LogP contribution in [-0.2, 0) is 19.2 Å². The summed E-state index contributed by atoms with van der Waals surface area (Å²) in [4.78, 5) is 0. The van der Waals surface area contributed by atoms with Crippen molar-refractivity contribution < 1.29 is 19.2 Å². The molecule has 3 aliphatic carbocycles. The van der Waals surface area contributed by atoms with Gasteiger partial charge in [0.25, 0.3) is 0 Å². The van der Waals surface area contributed by atoms with Gasteiger partial charge in [-0.15, -0.1) is 0 Å².